The zero-order valence-electron chi connectivity index (χ0n) is 13.4. The number of hydrogen-bond acceptors (Lipinski definition) is 6. The van der Waals surface area contributed by atoms with Crippen LogP contribution >= 0.6 is 23.2 Å². The molecule has 10 heteroatoms. The Labute approximate surface area is 163 Å². The summed E-state index contributed by atoms with van der Waals surface area (Å²) in [5.74, 6) is 1.17. The molecule has 1 N–H and O–H groups in total. The molecule has 0 fully saturated rings. The molecule has 0 saturated heterocycles. The van der Waals surface area contributed by atoms with E-state index in [0.29, 0.717) is 0 Å². The lowest BCUT2D eigenvalue weighted by Crippen LogP contribution is -2.31. The Balaban J connectivity index is 2.26. The smallest absolute Gasteiger partial charge is 0.415 e. The lowest BCUT2D eigenvalue weighted by molar-refractivity contribution is -0.385. The number of amides is 2. The highest BCUT2D eigenvalue weighted by Gasteiger charge is 2.21. The first-order valence-corrected chi connectivity index (χ1v) is 7.89. The van der Waals surface area contributed by atoms with Crippen molar-refractivity contribution < 1.29 is 24.0 Å². The number of benzene rings is 2. The van der Waals surface area contributed by atoms with Gasteiger partial charge in [0.15, 0.2) is 6.61 Å². The first-order valence-electron chi connectivity index (χ1n) is 7.14. The van der Waals surface area contributed by atoms with E-state index in [-0.39, 0.29) is 33.7 Å². The van der Waals surface area contributed by atoms with Gasteiger partial charge in [-0.2, -0.15) is 0 Å². The molecule has 8 nitrogen and oxygen atoms in total. The van der Waals surface area contributed by atoms with E-state index < -0.39 is 22.6 Å². The first-order chi connectivity index (χ1) is 12.8. The number of ether oxygens (including phenoxy) is 2. The van der Waals surface area contributed by atoms with Crippen molar-refractivity contribution in [3.63, 3.8) is 0 Å². The second-order valence-electron chi connectivity index (χ2n) is 4.88. The van der Waals surface area contributed by atoms with Crippen molar-refractivity contribution in [1.29, 1.82) is 0 Å². The Morgan fingerprint density at radius 2 is 1.85 bits per heavy atom. The number of terminal acetylenes is 1. The molecule has 0 aliphatic rings. The average molecular weight is 409 g/mol. The predicted octanol–water partition coefficient (Wildman–Crippen LogP) is 4.19. The van der Waals surface area contributed by atoms with Crippen LogP contribution in [0.1, 0.15) is 10.4 Å². The Morgan fingerprint density at radius 3 is 2.44 bits per heavy atom. The molecule has 2 amide bonds. The van der Waals surface area contributed by atoms with Gasteiger partial charge in [0.1, 0.15) is 5.75 Å². The van der Waals surface area contributed by atoms with Crippen LogP contribution in [0.3, 0.4) is 0 Å². The van der Waals surface area contributed by atoms with Gasteiger partial charge in [0.2, 0.25) is 5.75 Å². The normalized spacial score (nSPS) is 9.81. The molecule has 0 bridgehead atoms. The molecular weight excluding hydrogens is 399 g/mol. The highest BCUT2D eigenvalue weighted by atomic mass is 35.5. The van der Waals surface area contributed by atoms with E-state index in [9.17, 15) is 19.7 Å². The van der Waals surface area contributed by atoms with Crippen LogP contribution in [0, 0.1) is 22.5 Å². The molecule has 27 heavy (non-hydrogen) atoms. The standard InChI is InChI=1S/C17H10Cl2N2O6/c1-2-5-26-17(23)20-16(22)10-3-4-15(14(6-10)21(24)25)27-13-8-11(18)7-12(19)9-13/h1,3-4,6-9H,5H2,(H,20,22,23). The average Bonchev–Trinajstić information content (AvgIpc) is 2.59. The predicted molar refractivity (Wildman–Crippen MR) is 97.3 cm³/mol. The van der Waals surface area contributed by atoms with Gasteiger partial charge in [-0.3, -0.25) is 20.2 Å². The van der Waals surface area contributed by atoms with E-state index in [0.717, 1.165) is 6.07 Å². The topological polar surface area (TPSA) is 108 Å². The van der Waals surface area contributed by atoms with E-state index >= 15 is 0 Å². The maximum absolute atomic E-state index is 12.0. The summed E-state index contributed by atoms with van der Waals surface area (Å²) in [6.07, 6.45) is 3.85. The van der Waals surface area contributed by atoms with Gasteiger partial charge in [-0.15, -0.1) is 6.42 Å². The number of halogens is 2. The van der Waals surface area contributed by atoms with E-state index in [1.807, 2.05) is 5.32 Å². The molecule has 2 aromatic rings. The molecule has 0 saturated carbocycles. The van der Waals surface area contributed by atoms with Gasteiger partial charge < -0.3 is 9.47 Å². The molecule has 0 aromatic heterocycles. The quantitative estimate of drug-likeness (QED) is 0.451. The van der Waals surface area contributed by atoms with Gasteiger partial charge >= 0.3 is 11.8 Å². The number of nitro benzene ring substituents is 1. The highest BCUT2D eigenvalue weighted by molar-refractivity contribution is 6.34. The van der Waals surface area contributed by atoms with Crippen LogP contribution in [-0.2, 0) is 4.74 Å². The third-order valence-corrected chi connectivity index (χ3v) is 3.42. The molecule has 0 aliphatic heterocycles. The van der Waals surface area contributed by atoms with Gasteiger partial charge in [0, 0.05) is 21.7 Å². The highest BCUT2D eigenvalue weighted by Crippen LogP contribution is 2.34. The van der Waals surface area contributed by atoms with Gasteiger partial charge in [0.25, 0.3) is 5.91 Å². The summed E-state index contributed by atoms with van der Waals surface area (Å²) < 4.78 is 9.94. The molecule has 0 atom stereocenters. The molecule has 138 valence electrons. The molecule has 0 heterocycles. The molecular formula is C17H10Cl2N2O6. The number of nitro groups is 1. The van der Waals surface area contributed by atoms with Crippen LogP contribution in [0.2, 0.25) is 10.0 Å². The van der Waals surface area contributed by atoms with Crippen LogP contribution < -0.4 is 10.1 Å². The fourth-order valence-electron chi connectivity index (χ4n) is 1.91. The van der Waals surface area contributed by atoms with E-state index in [2.05, 4.69) is 10.7 Å². The molecule has 2 aromatic carbocycles. The second kappa shape index (κ2) is 8.89. The van der Waals surface area contributed by atoms with Crippen molar-refractivity contribution in [2.75, 3.05) is 6.61 Å². The summed E-state index contributed by atoms with van der Waals surface area (Å²) in [4.78, 5) is 33.9. The Bertz CT molecular complexity index is 935. The first kappa shape index (κ1) is 20.0. The number of imide groups is 1. The molecule has 0 unspecified atom stereocenters. The number of carbonyl (C=O) groups is 2. The summed E-state index contributed by atoms with van der Waals surface area (Å²) in [5, 5.41) is 13.8. The summed E-state index contributed by atoms with van der Waals surface area (Å²) in [6.45, 7) is -0.325. The fraction of sp³-hybridized carbons (Fsp3) is 0.0588. The van der Waals surface area contributed by atoms with Crippen molar-refractivity contribution in [3.05, 3.63) is 62.1 Å². The fourth-order valence-corrected chi connectivity index (χ4v) is 2.42. The number of rotatable bonds is 5. The maximum Gasteiger partial charge on any atom is 0.415 e. The number of nitrogens with zero attached hydrogens (tertiary/aromatic N) is 1. The Kier molecular flexibility index (Phi) is 6.60. The summed E-state index contributed by atoms with van der Waals surface area (Å²) in [7, 11) is 0. The van der Waals surface area contributed by atoms with Gasteiger partial charge in [-0.1, -0.05) is 29.1 Å². The van der Waals surface area contributed by atoms with Crippen LogP contribution in [0.4, 0.5) is 10.5 Å². The zero-order chi connectivity index (χ0) is 20.0. The van der Waals surface area contributed by atoms with Gasteiger partial charge in [-0.25, -0.2) is 4.79 Å². The lowest BCUT2D eigenvalue weighted by atomic mass is 10.1. The number of carbonyl (C=O) groups excluding carboxylic acids is 2. The SMILES string of the molecule is C#CCOC(=O)NC(=O)c1ccc(Oc2cc(Cl)cc(Cl)c2)c([N+](=O)[O-])c1. The van der Waals surface area contributed by atoms with Crippen molar-refractivity contribution in [3.8, 4) is 23.8 Å². The number of nitrogens with one attached hydrogen (secondary N) is 1. The monoisotopic (exact) mass is 408 g/mol. The maximum atomic E-state index is 12.0. The Morgan fingerprint density at radius 1 is 1.19 bits per heavy atom. The number of alkyl carbamates (subject to hydrolysis) is 1. The van der Waals surface area contributed by atoms with Crippen molar-refractivity contribution in [2.24, 2.45) is 0 Å². The summed E-state index contributed by atoms with van der Waals surface area (Å²) in [6, 6.07) is 7.69. The van der Waals surface area contributed by atoms with Gasteiger partial charge in [-0.05, 0) is 30.3 Å². The third-order valence-electron chi connectivity index (χ3n) is 2.98. The van der Waals surface area contributed by atoms with Crippen molar-refractivity contribution >= 4 is 40.9 Å². The summed E-state index contributed by atoms with van der Waals surface area (Å²) in [5.41, 5.74) is -0.661. The largest absolute Gasteiger partial charge is 0.450 e. The third kappa shape index (κ3) is 5.60. The Hall–Kier alpha value is -3.28. The minimum Gasteiger partial charge on any atom is -0.450 e. The number of hydrogen-bond donors (Lipinski definition) is 1. The molecule has 0 spiro atoms. The van der Waals surface area contributed by atoms with Crippen molar-refractivity contribution in [2.45, 2.75) is 0 Å². The molecule has 0 aliphatic carbocycles. The van der Waals surface area contributed by atoms with Crippen molar-refractivity contribution in [1.82, 2.24) is 5.32 Å². The minimum absolute atomic E-state index is 0.148. The zero-order valence-corrected chi connectivity index (χ0v) is 14.9. The minimum atomic E-state index is -1.07. The lowest BCUT2D eigenvalue weighted by Gasteiger charge is -2.09. The van der Waals surface area contributed by atoms with Crippen LogP contribution in [0.25, 0.3) is 0 Å². The molecule has 0 radical (unpaired) electrons. The van der Waals surface area contributed by atoms with E-state index in [1.165, 1.54) is 30.3 Å². The summed E-state index contributed by atoms with van der Waals surface area (Å²) >= 11 is 11.7. The second-order valence-corrected chi connectivity index (χ2v) is 5.75. The van der Waals surface area contributed by atoms with Crippen LogP contribution in [-0.4, -0.2) is 23.5 Å². The molecule has 2 rings (SSSR count). The van der Waals surface area contributed by atoms with E-state index in [1.54, 1.807) is 0 Å². The van der Waals surface area contributed by atoms with Gasteiger partial charge in [0.05, 0.1) is 4.92 Å². The van der Waals surface area contributed by atoms with E-state index in [4.69, 9.17) is 34.4 Å². The van der Waals surface area contributed by atoms with Crippen LogP contribution in [0.15, 0.2) is 36.4 Å². The van der Waals surface area contributed by atoms with Crippen LogP contribution in [0.5, 0.6) is 11.5 Å².